The standard InChI is InChI=1S/C12H14ClNO3/c1-8(2)12(17)14(7-11(15)16)10-5-3-4-9(13)6-10/h3-6,8H,7H2,1-2H3,(H,15,16). The van der Waals surface area contributed by atoms with Crippen molar-refractivity contribution >= 4 is 29.2 Å². The molecule has 1 aromatic carbocycles. The Kier molecular flexibility index (Phi) is 4.52. The van der Waals surface area contributed by atoms with Gasteiger partial charge >= 0.3 is 5.97 Å². The van der Waals surface area contributed by atoms with Crippen LogP contribution in [-0.2, 0) is 9.59 Å². The van der Waals surface area contributed by atoms with E-state index in [4.69, 9.17) is 16.7 Å². The van der Waals surface area contributed by atoms with E-state index in [-0.39, 0.29) is 18.4 Å². The molecule has 0 bridgehead atoms. The molecule has 1 N–H and O–H groups in total. The number of rotatable bonds is 4. The van der Waals surface area contributed by atoms with Crippen molar-refractivity contribution in [3.8, 4) is 0 Å². The largest absolute Gasteiger partial charge is 0.480 e. The van der Waals surface area contributed by atoms with Crippen molar-refractivity contribution in [2.75, 3.05) is 11.4 Å². The molecule has 5 heteroatoms. The number of carboxylic acid groups (broad SMARTS) is 1. The van der Waals surface area contributed by atoms with Crippen LogP contribution < -0.4 is 4.90 Å². The fraction of sp³-hybridized carbons (Fsp3) is 0.333. The number of hydrogen-bond donors (Lipinski definition) is 1. The highest BCUT2D eigenvalue weighted by atomic mass is 35.5. The SMILES string of the molecule is CC(C)C(=O)N(CC(=O)O)c1cccc(Cl)c1. The van der Waals surface area contributed by atoms with Gasteiger partial charge in [-0.05, 0) is 18.2 Å². The molecule has 0 radical (unpaired) electrons. The molecule has 0 saturated carbocycles. The molecule has 0 spiro atoms. The molecule has 0 aliphatic heterocycles. The summed E-state index contributed by atoms with van der Waals surface area (Å²) in [6.45, 7) is 3.08. The van der Waals surface area contributed by atoms with E-state index in [1.807, 2.05) is 0 Å². The van der Waals surface area contributed by atoms with Crippen molar-refractivity contribution < 1.29 is 14.7 Å². The summed E-state index contributed by atoms with van der Waals surface area (Å²) in [5.74, 6) is -1.57. The molecule has 0 aromatic heterocycles. The Morgan fingerprint density at radius 2 is 2.06 bits per heavy atom. The second kappa shape index (κ2) is 5.68. The van der Waals surface area contributed by atoms with E-state index in [2.05, 4.69) is 0 Å². The van der Waals surface area contributed by atoms with Gasteiger partial charge < -0.3 is 10.0 Å². The minimum atomic E-state index is -1.06. The van der Waals surface area contributed by atoms with Crippen LogP contribution in [0.1, 0.15) is 13.8 Å². The van der Waals surface area contributed by atoms with E-state index in [1.165, 1.54) is 4.90 Å². The molecule has 17 heavy (non-hydrogen) atoms. The predicted molar refractivity (Wildman–Crippen MR) is 66.3 cm³/mol. The molecule has 1 amide bonds. The topological polar surface area (TPSA) is 57.6 Å². The third-order valence-electron chi connectivity index (χ3n) is 2.17. The van der Waals surface area contributed by atoms with E-state index < -0.39 is 5.97 Å². The van der Waals surface area contributed by atoms with Crippen LogP contribution in [0, 0.1) is 5.92 Å². The highest BCUT2D eigenvalue weighted by Gasteiger charge is 2.21. The number of benzene rings is 1. The average Bonchev–Trinajstić information content (AvgIpc) is 2.24. The van der Waals surface area contributed by atoms with Crippen molar-refractivity contribution in [3.05, 3.63) is 29.3 Å². The van der Waals surface area contributed by atoms with E-state index >= 15 is 0 Å². The minimum Gasteiger partial charge on any atom is -0.480 e. The van der Waals surface area contributed by atoms with E-state index in [0.29, 0.717) is 10.7 Å². The smallest absolute Gasteiger partial charge is 0.323 e. The zero-order valence-electron chi connectivity index (χ0n) is 9.68. The number of carbonyl (C=O) groups excluding carboxylic acids is 1. The number of aliphatic carboxylic acids is 1. The fourth-order valence-electron chi connectivity index (χ4n) is 1.39. The number of hydrogen-bond acceptors (Lipinski definition) is 2. The minimum absolute atomic E-state index is 0.241. The molecule has 92 valence electrons. The van der Waals surface area contributed by atoms with Gasteiger partial charge in [-0.25, -0.2) is 0 Å². The number of halogens is 1. The van der Waals surface area contributed by atoms with Gasteiger partial charge in [0.1, 0.15) is 6.54 Å². The average molecular weight is 256 g/mol. The maximum atomic E-state index is 11.9. The lowest BCUT2D eigenvalue weighted by Crippen LogP contribution is -2.38. The molecular formula is C12H14ClNO3. The van der Waals surface area contributed by atoms with Gasteiger partial charge in [0.05, 0.1) is 0 Å². The van der Waals surface area contributed by atoms with Gasteiger partial charge in [-0.2, -0.15) is 0 Å². The molecule has 1 aromatic rings. The van der Waals surface area contributed by atoms with E-state index in [1.54, 1.807) is 38.1 Å². The molecular weight excluding hydrogens is 242 g/mol. The van der Waals surface area contributed by atoms with Gasteiger partial charge in [-0.1, -0.05) is 31.5 Å². The third-order valence-corrected chi connectivity index (χ3v) is 2.41. The van der Waals surface area contributed by atoms with Gasteiger partial charge in [0.25, 0.3) is 0 Å². The highest BCUT2D eigenvalue weighted by molar-refractivity contribution is 6.30. The molecule has 0 saturated heterocycles. The fourth-order valence-corrected chi connectivity index (χ4v) is 1.57. The van der Waals surface area contributed by atoms with Crippen molar-refractivity contribution in [2.45, 2.75) is 13.8 Å². The lowest BCUT2D eigenvalue weighted by molar-refractivity contribution is -0.137. The summed E-state index contributed by atoms with van der Waals surface area (Å²) in [4.78, 5) is 23.9. The van der Waals surface area contributed by atoms with Crippen molar-refractivity contribution in [1.29, 1.82) is 0 Å². The zero-order chi connectivity index (χ0) is 13.0. The molecule has 0 atom stereocenters. The number of carboxylic acids is 1. The Morgan fingerprint density at radius 3 is 2.53 bits per heavy atom. The van der Waals surface area contributed by atoms with Gasteiger partial charge in [-0.3, -0.25) is 9.59 Å². The Balaban J connectivity index is 3.05. The first-order valence-electron chi connectivity index (χ1n) is 5.20. The van der Waals surface area contributed by atoms with Crippen LogP contribution in [-0.4, -0.2) is 23.5 Å². The quantitative estimate of drug-likeness (QED) is 0.899. The van der Waals surface area contributed by atoms with E-state index in [0.717, 1.165) is 0 Å². The number of carbonyl (C=O) groups is 2. The summed E-state index contributed by atoms with van der Waals surface area (Å²) in [5.41, 5.74) is 0.499. The maximum absolute atomic E-state index is 11.9. The predicted octanol–water partition coefficient (Wildman–Crippen LogP) is 2.41. The number of nitrogens with zero attached hydrogens (tertiary/aromatic N) is 1. The molecule has 0 aliphatic rings. The van der Waals surface area contributed by atoms with Crippen molar-refractivity contribution in [1.82, 2.24) is 0 Å². The normalized spacial score (nSPS) is 10.4. The first-order chi connectivity index (χ1) is 7.91. The summed E-state index contributed by atoms with van der Waals surface area (Å²) >= 11 is 5.82. The lowest BCUT2D eigenvalue weighted by Gasteiger charge is -2.22. The van der Waals surface area contributed by atoms with E-state index in [9.17, 15) is 9.59 Å². The van der Waals surface area contributed by atoms with Crippen LogP contribution in [0.4, 0.5) is 5.69 Å². The Hall–Kier alpha value is -1.55. The van der Waals surface area contributed by atoms with Gasteiger partial charge in [0.2, 0.25) is 5.91 Å². The molecule has 1 rings (SSSR count). The van der Waals surface area contributed by atoms with Crippen LogP contribution in [0.3, 0.4) is 0 Å². The monoisotopic (exact) mass is 255 g/mol. The Morgan fingerprint density at radius 1 is 1.41 bits per heavy atom. The first-order valence-corrected chi connectivity index (χ1v) is 5.58. The summed E-state index contributed by atoms with van der Waals surface area (Å²) in [6, 6.07) is 6.59. The van der Waals surface area contributed by atoms with Gasteiger partial charge in [0.15, 0.2) is 0 Å². The molecule has 0 unspecified atom stereocenters. The zero-order valence-corrected chi connectivity index (χ0v) is 10.4. The van der Waals surface area contributed by atoms with Crippen LogP contribution >= 0.6 is 11.6 Å². The summed E-state index contributed by atoms with van der Waals surface area (Å²) in [5, 5.41) is 9.29. The van der Waals surface area contributed by atoms with Crippen LogP contribution in [0.2, 0.25) is 5.02 Å². The molecule has 4 nitrogen and oxygen atoms in total. The molecule has 0 aliphatic carbocycles. The van der Waals surface area contributed by atoms with Crippen molar-refractivity contribution in [2.24, 2.45) is 5.92 Å². The second-order valence-corrected chi connectivity index (χ2v) is 4.39. The van der Waals surface area contributed by atoms with Gasteiger partial charge in [0, 0.05) is 16.6 Å². The van der Waals surface area contributed by atoms with Gasteiger partial charge in [-0.15, -0.1) is 0 Å². The third kappa shape index (κ3) is 3.75. The summed E-state index contributed by atoms with van der Waals surface area (Å²) in [7, 11) is 0. The highest BCUT2D eigenvalue weighted by Crippen LogP contribution is 2.21. The first kappa shape index (κ1) is 13.5. The Bertz CT molecular complexity index is 432. The van der Waals surface area contributed by atoms with Crippen LogP contribution in [0.5, 0.6) is 0 Å². The second-order valence-electron chi connectivity index (χ2n) is 3.95. The van der Waals surface area contributed by atoms with Crippen LogP contribution in [0.15, 0.2) is 24.3 Å². The Labute approximate surface area is 105 Å². The lowest BCUT2D eigenvalue weighted by atomic mass is 10.1. The number of amides is 1. The summed E-state index contributed by atoms with van der Waals surface area (Å²) in [6.07, 6.45) is 0. The maximum Gasteiger partial charge on any atom is 0.323 e. The summed E-state index contributed by atoms with van der Waals surface area (Å²) < 4.78 is 0. The number of anilines is 1. The van der Waals surface area contributed by atoms with Crippen molar-refractivity contribution in [3.63, 3.8) is 0 Å². The molecule has 0 fully saturated rings. The van der Waals surface area contributed by atoms with Crippen LogP contribution in [0.25, 0.3) is 0 Å². The molecule has 0 heterocycles.